The van der Waals surface area contributed by atoms with E-state index >= 15 is 0 Å². The Kier molecular flexibility index (Phi) is 5.65. The molecule has 0 atom stereocenters. The number of rotatable bonds is 4. The van der Waals surface area contributed by atoms with E-state index in [1.165, 1.54) is 0 Å². The van der Waals surface area contributed by atoms with Crippen molar-refractivity contribution >= 4 is 23.0 Å². The number of Topliss-reactive ketones (excluding diaryl/α,β-unsaturated/α-hetero) is 2. The van der Waals surface area contributed by atoms with Crippen LogP contribution in [0.5, 0.6) is 0 Å². The zero-order chi connectivity index (χ0) is 22.2. The quantitative estimate of drug-likeness (QED) is 0.527. The third kappa shape index (κ3) is 4.53. The van der Waals surface area contributed by atoms with Crippen LogP contribution < -0.4 is 0 Å². The van der Waals surface area contributed by atoms with Gasteiger partial charge in [-0.15, -0.1) is 0 Å². The molecule has 0 unspecified atom stereocenters. The summed E-state index contributed by atoms with van der Waals surface area (Å²) in [7, 11) is 0. The molecule has 1 aromatic heterocycles. The lowest BCUT2D eigenvalue weighted by molar-refractivity contribution is -0.115. The van der Waals surface area contributed by atoms with Gasteiger partial charge in [0.15, 0.2) is 11.6 Å². The molecule has 1 aromatic carbocycles. The van der Waals surface area contributed by atoms with E-state index in [4.69, 9.17) is 4.52 Å². The van der Waals surface area contributed by atoms with E-state index in [0.717, 1.165) is 17.7 Å². The first-order valence-corrected chi connectivity index (χ1v) is 10.8. The summed E-state index contributed by atoms with van der Waals surface area (Å²) in [4.78, 5) is 29.9. The summed E-state index contributed by atoms with van der Waals surface area (Å²) in [6, 6.07) is 7.76. The number of hydrogen-bond acceptors (Lipinski definition) is 6. The van der Waals surface area contributed by atoms with Gasteiger partial charge in [0.05, 0.1) is 28.2 Å². The summed E-state index contributed by atoms with van der Waals surface area (Å²) in [5, 5.41) is 14.9. The van der Waals surface area contributed by atoms with E-state index in [2.05, 4.69) is 10.1 Å². The van der Waals surface area contributed by atoms with Crippen molar-refractivity contribution in [3.05, 3.63) is 58.2 Å². The van der Waals surface area contributed by atoms with Crippen LogP contribution in [0.2, 0.25) is 0 Å². The highest BCUT2D eigenvalue weighted by atomic mass is 16.5. The molecule has 0 spiro atoms. The van der Waals surface area contributed by atoms with Crippen molar-refractivity contribution in [1.29, 1.82) is 0 Å². The lowest BCUT2D eigenvalue weighted by Crippen LogP contribution is -2.26. The van der Waals surface area contributed by atoms with Gasteiger partial charge < -0.3 is 9.63 Å². The molecule has 2 aromatic rings. The Hall–Kier alpha value is -3.02. The third-order valence-electron chi connectivity index (χ3n) is 5.96. The number of allylic oxidation sites excluding steroid dienone is 2. The van der Waals surface area contributed by atoms with Gasteiger partial charge in [-0.25, -0.2) is 0 Å². The lowest BCUT2D eigenvalue weighted by Gasteiger charge is -2.26. The Bertz CT molecular complexity index is 1090. The minimum atomic E-state index is -0.138. The smallest absolute Gasteiger partial charge is 0.168 e. The fourth-order valence-electron chi connectivity index (χ4n) is 4.39. The number of hydrogen-bond donors (Lipinski definition) is 1. The first kappa shape index (κ1) is 21.2. The van der Waals surface area contributed by atoms with Gasteiger partial charge >= 0.3 is 0 Å². The first-order valence-electron chi connectivity index (χ1n) is 10.8. The molecule has 0 bridgehead atoms. The number of nitrogens with zero attached hydrogens (tertiary/aromatic N) is 2. The molecule has 6 nitrogen and oxygen atoms in total. The van der Waals surface area contributed by atoms with Gasteiger partial charge in [-0.3, -0.25) is 14.6 Å². The van der Waals surface area contributed by atoms with Gasteiger partial charge in [0, 0.05) is 32.1 Å². The molecule has 4 rings (SSSR count). The summed E-state index contributed by atoms with van der Waals surface area (Å²) in [5.41, 5.74) is 3.81. The maximum Gasteiger partial charge on any atom is 0.168 e. The Balaban J connectivity index is 1.58. The molecule has 31 heavy (non-hydrogen) atoms. The van der Waals surface area contributed by atoms with Crippen LogP contribution in [0.25, 0.3) is 0 Å². The molecule has 0 amide bonds. The monoisotopic (exact) mass is 420 g/mol. The molecule has 2 aliphatic rings. The van der Waals surface area contributed by atoms with Crippen molar-refractivity contribution in [2.24, 2.45) is 10.4 Å². The summed E-state index contributed by atoms with van der Waals surface area (Å²) < 4.78 is 5.44. The number of aliphatic imine (C=N–C) groups is 1. The molecule has 6 heteroatoms. The average Bonchev–Trinajstić information content (AvgIpc) is 3.10. The van der Waals surface area contributed by atoms with Crippen LogP contribution in [0, 0.1) is 12.3 Å². The standard InChI is InChI=1S/C25H28N2O4/c1-15-7-9-16(10-8-15)26-17-5-4-6-19(28)23(17)20(29)12-11-18-24-21(30)13-25(2,3)14-22(24)31-27-18/h7-10,29H,4-6,11-14H2,1-3H3/b23-20+,26-17?. The fraction of sp³-hybridized carbons (Fsp3) is 0.440. The van der Waals surface area contributed by atoms with Gasteiger partial charge in [0.1, 0.15) is 11.5 Å². The average molecular weight is 421 g/mol. The number of aromatic nitrogens is 1. The van der Waals surface area contributed by atoms with Crippen LogP contribution in [-0.2, 0) is 17.6 Å². The molecular formula is C25H28N2O4. The molecule has 0 aliphatic heterocycles. The van der Waals surface area contributed by atoms with Gasteiger partial charge in [-0.1, -0.05) is 36.7 Å². The summed E-state index contributed by atoms with van der Waals surface area (Å²) in [6.45, 7) is 6.08. The van der Waals surface area contributed by atoms with Gasteiger partial charge in [-0.05, 0) is 37.3 Å². The predicted molar refractivity (Wildman–Crippen MR) is 118 cm³/mol. The SMILES string of the molecule is Cc1ccc(N=C2CCCC(=O)/C2=C(/O)CCc2noc3c2C(=O)CC(C)(C)C3)cc1. The summed E-state index contributed by atoms with van der Waals surface area (Å²) >= 11 is 0. The van der Waals surface area contributed by atoms with E-state index in [-0.39, 0.29) is 29.2 Å². The van der Waals surface area contributed by atoms with Crippen LogP contribution in [0.1, 0.15) is 73.3 Å². The van der Waals surface area contributed by atoms with E-state index in [9.17, 15) is 14.7 Å². The number of carbonyl (C=O) groups excluding carboxylic acids is 2. The highest BCUT2D eigenvalue weighted by Gasteiger charge is 2.36. The molecule has 2 aliphatic carbocycles. The lowest BCUT2D eigenvalue weighted by atomic mass is 9.76. The minimum absolute atomic E-state index is 0.0101. The highest BCUT2D eigenvalue weighted by molar-refractivity contribution is 6.24. The second kappa shape index (κ2) is 8.25. The van der Waals surface area contributed by atoms with Crippen LogP contribution >= 0.6 is 0 Å². The van der Waals surface area contributed by atoms with Crippen molar-refractivity contribution < 1.29 is 19.2 Å². The number of aryl methyl sites for hydroxylation is 2. The molecule has 0 saturated heterocycles. The normalized spacial score (nSPS) is 21.3. The largest absolute Gasteiger partial charge is 0.511 e. The van der Waals surface area contributed by atoms with Crippen molar-refractivity contribution in [2.75, 3.05) is 0 Å². The maximum atomic E-state index is 12.6. The molecule has 1 saturated carbocycles. The number of aliphatic hydroxyl groups excluding tert-OH is 1. The summed E-state index contributed by atoms with van der Waals surface area (Å²) in [5.74, 6) is 0.578. The van der Waals surface area contributed by atoms with Crippen molar-refractivity contribution in [3.8, 4) is 0 Å². The first-order chi connectivity index (χ1) is 14.7. The molecule has 1 N–H and O–H groups in total. The van der Waals surface area contributed by atoms with E-state index in [1.54, 1.807) is 0 Å². The van der Waals surface area contributed by atoms with Crippen molar-refractivity contribution in [1.82, 2.24) is 5.16 Å². The number of fused-ring (bicyclic) bond motifs is 1. The molecule has 162 valence electrons. The van der Waals surface area contributed by atoms with Crippen LogP contribution in [0.4, 0.5) is 5.69 Å². The van der Waals surface area contributed by atoms with Gasteiger partial charge in [0.25, 0.3) is 0 Å². The highest BCUT2D eigenvalue weighted by Crippen LogP contribution is 2.36. The molecule has 0 radical (unpaired) electrons. The summed E-state index contributed by atoms with van der Waals surface area (Å²) in [6.07, 6.45) is 3.44. The Morgan fingerprint density at radius 2 is 1.87 bits per heavy atom. The predicted octanol–water partition coefficient (Wildman–Crippen LogP) is 5.41. The third-order valence-corrected chi connectivity index (χ3v) is 5.96. The van der Waals surface area contributed by atoms with Crippen molar-refractivity contribution in [2.45, 2.75) is 65.7 Å². The van der Waals surface area contributed by atoms with Gasteiger partial charge in [0.2, 0.25) is 0 Å². The van der Waals surface area contributed by atoms with E-state index < -0.39 is 0 Å². The van der Waals surface area contributed by atoms with Crippen LogP contribution in [-0.4, -0.2) is 27.5 Å². The van der Waals surface area contributed by atoms with Crippen molar-refractivity contribution in [3.63, 3.8) is 0 Å². The number of benzene rings is 1. The second-order valence-electron chi connectivity index (χ2n) is 9.36. The van der Waals surface area contributed by atoms with Crippen LogP contribution in [0.15, 0.2) is 45.1 Å². The Morgan fingerprint density at radius 1 is 1.13 bits per heavy atom. The number of ketones is 2. The van der Waals surface area contributed by atoms with Crippen LogP contribution in [0.3, 0.4) is 0 Å². The minimum Gasteiger partial charge on any atom is -0.511 e. The topological polar surface area (TPSA) is 92.8 Å². The van der Waals surface area contributed by atoms with E-state index in [1.807, 2.05) is 45.0 Å². The molecule has 1 heterocycles. The number of aliphatic hydroxyl groups is 1. The van der Waals surface area contributed by atoms with Gasteiger partial charge in [-0.2, -0.15) is 0 Å². The molecule has 1 fully saturated rings. The number of carbonyl (C=O) groups is 2. The molecular weight excluding hydrogens is 392 g/mol. The zero-order valence-corrected chi connectivity index (χ0v) is 18.3. The zero-order valence-electron chi connectivity index (χ0n) is 18.3. The second-order valence-corrected chi connectivity index (χ2v) is 9.36. The van der Waals surface area contributed by atoms with E-state index in [0.29, 0.717) is 60.4 Å². The maximum absolute atomic E-state index is 12.6. The Morgan fingerprint density at radius 3 is 2.61 bits per heavy atom. The Labute approximate surface area is 182 Å². The fourth-order valence-corrected chi connectivity index (χ4v) is 4.39.